The fourth-order valence-corrected chi connectivity index (χ4v) is 6.19. The molecule has 5 heteroatoms. The van der Waals surface area contributed by atoms with Crippen LogP contribution in [-0.4, -0.2) is 35.5 Å². The normalized spacial score (nSPS) is 14.6. The zero-order valence-corrected chi connectivity index (χ0v) is 13.2. The number of benzene rings is 1. The minimum absolute atomic E-state index is 0.168. The summed E-state index contributed by atoms with van der Waals surface area (Å²) in [6.45, 7) is 8.62. The monoisotopic (exact) mass is 290 g/mol. The van der Waals surface area contributed by atoms with E-state index in [9.17, 15) is 0 Å². The molecule has 0 atom stereocenters. The van der Waals surface area contributed by atoms with Gasteiger partial charge in [-0.05, 0) is 0 Å². The molecule has 1 rings (SSSR count). The number of hydrogen-bond donors (Lipinski definition) is 0. The Kier molecular flexibility index (Phi) is 5.43. The summed E-state index contributed by atoms with van der Waals surface area (Å²) in [5.74, 6) is 0. The second-order valence-electron chi connectivity index (χ2n) is 4.44. The summed E-state index contributed by atoms with van der Waals surface area (Å²) in [5, 5.41) is 0.168. The summed E-state index contributed by atoms with van der Waals surface area (Å²) in [5.41, 5.74) is 0. The van der Waals surface area contributed by atoms with Gasteiger partial charge in [-0.2, -0.15) is 0 Å². The molecule has 0 heterocycles. The van der Waals surface area contributed by atoms with Gasteiger partial charge in [0.25, 0.3) is 0 Å². The number of hydrogen-bond acceptors (Lipinski definition) is 2. The van der Waals surface area contributed by atoms with Crippen LogP contribution in [0.4, 0.5) is 8.39 Å². The van der Waals surface area contributed by atoms with Crippen LogP contribution in [0.25, 0.3) is 0 Å². The summed E-state index contributed by atoms with van der Waals surface area (Å²) >= 11 is 0. The standard InChI is InChI=1S/C14H25F2N2P/c1-5-17(6-2)19(15,16,18(7-3)8-4)14-12-10-9-11-13-14/h9-13H,5-8H2,1-4H3. The Hall–Kier alpha value is -0.570. The molecule has 0 radical (unpaired) electrons. The second kappa shape index (κ2) is 6.25. The molecule has 19 heavy (non-hydrogen) atoms. The fourth-order valence-electron chi connectivity index (χ4n) is 2.59. The van der Waals surface area contributed by atoms with Gasteiger partial charge in [-0.1, -0.05) is 0 Å². The van der Waals surface area contributed by atoms with Crippen molar-refractivity contribution < 1.29 is 8.39 Å². The first kappa shape index (κ1) is 16.5. The van der Waals surface area contributed by atoms with Crippen molar-refractivity contribution in [3.05, 3.63) is 30.3 Å². The van der Waals surface area contributed by atoms with Crippen molar-refractivity contribution in [2.45, 2.75) is 27.7 Å². The van der Waals surface area contributed by atoms with Crippen LogP contribution in [0.2, 0.25) is 0 Å². The molecule has 0 saturated carbocycles. The second-order valence-corrected chi connectivity index (χ2v) is 7.74. The number of nitrogens with zero attached hydrogens (tertiary/aromatic N) is 2. The van der Waals surface area contributed by atoms with Crippen LogP contribution in [0.5, 0.6) is 0 Å². The van der Waals surface area contributed by atoms with Crippen LogP contribution in [0.1, 0.15) is 27.7 Å². The molecule has 0 aromatic heterocycles. The molecule has 110 valence electrons. The summed E-state index contributed by atoms with van der Waals surface area (Å²) in [6, 6.07) is 8.31. The van der Waals surface area contributed by atoms with E-state index in [2.05, 4.69) is 0 Å². The number of rotatable bonds is 7. The van der Waals surface area contributed by atoms with Crippen LogP contribution < -0.4 is 5.30 Å². The van der Waals surface area contributed by atoms with Crippen molar-refractivity contribution in [2.24, 2.45) is 0 Å². The van der Waals surface area contributed by atoms with Gasteiger partial charge >= 0.3 is 115 Å². The molecular weight excluding hydrogens is 265 g/mol. The Bertz CT molecular complexity index is 374. The molecule has 0 aliphatic rings. The third kappa shape index (κ3) is 2.67. The molecule has 0 fully saturated rings. The van der Waals surface area contributed by atoms with Crippen LogP contribution in [0, 0.1) is 0 Å². The van der Waals surface area contributed by atoms with Crippen molar-refractivity contribution in [1.29, 1.82) is 0 Å². The van der Waals surface area contributed by atoms with Gasteiger partial charge in [-0.3, -0.25) is 0 Å². The third-order valence-electron chi connectivity index (χ3n) is 3.61. The molecule has 2 nitrogen and oxygen atoms in total. The first-order valence-electron chi connectivity index (χ1n) is 6.97. The van der Waals surface area contributed by atoms with E-state index in [0.29, 0.717) is 26.2 Å². The van der Waals surface area contributed by atoms with Gasteiger partial charge in [0.15, 0.2) is 0 Å². The zero-order chi connectivity index (χ0) is 14.5. The molecule has 0 amide bonds. The molecule has 0 saturated heterocycles. The average Bonchev–Trinajstić information content (AvgIpc) is 2.42. The molecule has 0 unspecified atom stereocenters. The topological polar surface area (TPSA) is 6.48 Å². The van der Waals surface area contributed by atoms with Crippen molar-refractivity contribution in [2.75, 3.05) is 26.2 Å². The first-order valence-corrected chi connectivity index (χ1v) is 8.89. The van der Waals surface area contributed by atoms with Crippen LogP contribution in [0.3, 0.4) is 0 Å². The molecule has 0 bridgehead atoms. The quantitative estimate of drug-likeness (QED) is 0.696. The molecule has 0 spiro atoms. The van der Waals surface area contributed by atoms with Crippen molar-refractivity contribution in [3.8, 4) is 0 Å². The van der Waals surface area contributed by atoms with Gasteiger partial charge in [0.05, 0.1) is 0 Å². The Morgan fingerprint density at radius 3 is 1.47 bits per heavy atom. The van der Waals surface area contributed by atoms with Crippen molar-refractivity contribution >= 4 is 12.8 Å². The summed E-state index contributed by atoms with van der Waals surface area (Å²) in [7, 11) is -5.21. The maximum atomic E-state index is 15.9. The van der Waals surface area contributed by atoms with Crippen molar-refractivity contribution in [1.82, 2.24) is 9.34 Å². The minimum atomic E-state index is -5.21. The van der Waals surface area contributed by atoms with E-state index in [-0.39, 0.29) is 5.30 Å². The third-order valence-corrected chi connectivity index (χ3v) is 7.81. The van der Waals surface area contributed by atoms with Crippen LogP contribution in [0.15, 0.2) is 30.3 Å². The van der Waals surface area contributed by atoms with E-state index in [1.807, 2.05) is 0 Å². The van der Waals surface area contributed by atoms with E-state index in [4.69, 9.17) is 0 Å². The summed E-state index contributed by atoms with van der Waals surface area (Å²) in [4.78, 5) is 0. The van der Waals surface area contributed by atoms with E-state index in [1.54, 1.807) is 58.0 Å². The molecule has 1 aromatic carbocycles. The van der Waals surface area contributed by atoms with Gasteiger partial charge in [-0.25, -0.2) is 0 Å². The Labute approximate surface area is 115 Å². The van der Waals surface area contributed by atoms with Gasteiger partial charge in [0.2, 0.25) is 0 Å². The van der Waals surface area contributed by atoms with E-state index < -0.39 is 7.53 Å². The molecule has 0 N–H and O–H groups in total. The number of halogens is 2. The average molecular weight is 290 g/mol. The van der Waals surface area contributed by atoms with Gasteiger partial charge in [0.1, 0.15) is 0 Å². The molecular formula is C14H25F2N2P. The van der Waals surface area contributed by atoms with Gasteiger partial charge in [-0.15, -0.1) is 0 Å². The zero-order valence-electron chi connectivity index (χ0n) is 12.3. The molecule has 0 aliphatic heterocycles. The van der Waals surface area contributed by atoms with Gasteiger partial charge in [0, 0.05) is 0 Å². The fraction of sp³-hybridized carbons (Fsp3) is 0.571. The SMILES string of the molecule is CCN(CC)P(F)(F)(c1ccccc1)N(CC)CC. The summed E-state index contributed by atoms with van der Waals surface area (Å²) < 4.78 is 34.4. The van der Waals surface area contributed by atoms with E-state index in [0.717, 1.165) is 0 Å². The Morgan fingerprint density at radius 1 is 0.789 bits per heavy atom. The summed E-state index contributed by atoms with van der Waals surface area (Å²) in [6.07, 6.45) is 0. The van der Waals surface area contributed by atoms with E-state index >= 15 is 8.39 Å². The Morgan fingerprint density at radius 2 is 1.16 bits per heavy atom. The van der Waals surface area contributed by atoms with Gasteiger partial charge < -0.3 is 0 Å². The van der Waals surface area contributed by atoms with Crippen LogP contribution in [-0.2, 0) is 0 Å². The molecule has 0 aliphatic carbocycles. The maximum absolute atomic E-state index is 15.9. The van der Waals surface area contributed by atoms with Crippen molar-refractivity contribution in [3.63, 3.8) is 0 Å². The predicted octanol–water partition coefficient (Wildman–Crippen LogP) is 4.15. The Balaban J connectivity index is 3.48. The first-order chi connectivity index (χ1) is 8.95. The molecule has 1 aromatic rings. The van der Waals surface area contributed by atoms with E-state index in [1.165, 1.54) is 9.34 Å². The van der Waals surface area contributed by atoms with Crippen LogP contribution >= 0.6 is 7.53 Å². The predicted molar refractivity (Wildman–Crippen MR) is 81.1 cm³/mol.